The Kier molecular flexibility index (Phi) is 3.15. The molecule has 1 aromatic carbocycles. The van der Waals surface area contributed by atoms with Gasteiger partial charge in [0.25, 0.3) is 0 Å². The maximum Gasteiger partial charge on any atom is 0.126 e. The summed E-state index contributed by atoms with van der Waals surface area (Å²) in [5.41, 5.74) is 3.45. The smallest absolute Gasteiger partial charge is 0.126 e. The molecule has 2 atom stereocenters. The van der Waals surface area contributed by atoms with Gasteiger partial charge in [-0.1, -0.05) is 29.4 Å². The zero-order valence-electron chi connectivity index (χ0n) is 10.2. The Labute approximate surface area is 106 Å². The summed E-state index contributed by atoms with van der Waals surface area (Å²) in [6, 6.07) is 8.22. The summed E-state index contributed by atoms with van der Waals surface area (Å²) >= 11 is 0. The molecule has 1 heterocycles. The van der Waals surface area contributed by atoms with E-state index in [0.717, 1.165) is 36.8 Å². The van der Waals surface area contributed by atoms with Crippen molar-refractivity contribution in [3.05, 3.63) is 53.4 Å². The van der Waals surface area contributed by atoms with Crippen molar-refractivity contribution in [2.45, 2.75) is 31.8 Å². The van der Waals surface area contributed by atoms with Crippen LogP contribution in [0.2, 0.25) is 0 Å². The van der Waals surface area contributed by atoms with Gasteiger partial charge in [0.15, 0.2) is 0 Å². The Morgan fingerprint density at radius 3 is 3.06 bits per heavy atom. The lowest BCUT2D eigenvalue weighted by Gasteiger charge is -2.21. The van der Waals surface area contributed by atoms with E-state index in [4.69, 9.17) is 4.52 Å². The van der Waals surface area contributed by atoms with E-state index in [-0.39, 0.29) is 12.0 Å². The summed E-state index contributed by atoms with van der Waals surface area (Å²) in [5.74, 6) is 0.257. The number of nitrogens with zero attached hydrogens (tertiary/aromatic N) is 1. The summed E-state index contributed by atoms with van der Waals surface area (Å²) in [7, 11) is 0. The molecule has 1 aromatic heterocycles. The predicted molar refractivity (Wildman–Crippen MR) is 68.0 cm³/mol. The van der Waals surface area contributed by atoms with Crippen molar-refractivity contribution in [1.82, 2.24) is 5.16 Å². The number of aryl methyl sites for hydroxylation is 1. The molecule has 0 saturated heterocycles. The summed E-state index contributed by atoms with van der Waals surface area (Å²) in [6.07, 6.45) is 7.10. The first-order chi connectivity index (χ1) is 8.84. The van der Waals surface area contributed by atoms with Crippen LogP contribution in [0.15, 0.2) is 41.2 Å². The molecule has 1 aliphatic carbocycles. The fourth-order valence-electron chi connectivity index (χ4n) is 2.86. The van der Waals surface area contributed by atoms with E-state index in [1.54, 1.807) is 12.5 Å². The second-order valence-corrected chi connectivity index (χ2v) is 5.03. The first-order valence-electron chi connectivity index (χ1n) is 6.48. The zero-order chi connectivity index (χ0) is 12.4. The van der Waals surface area contributed by atoms with Gasteiger partial charge in [-0.05, 0) is 42.7 Å². The molecule has 94 valence electrons. The number of aliphatic hydroxyl groups excluding tert-OH is 1. The van der Waals surface area contributed by atoms with Gasteiger partial charge in [0, 0.05) is 5.56 Å². The molecule has 1 N–H and O–H groups in total. The molecule has 18 heavy (non-hydrogen) atoms. The molecule has 0 saturated carbocycles. The average Bonchev–Trinajstić information content (AvgIpc) is 2.85. The minimum atomic E-state index is -0.376. The number of rotatable bonds is 2. The third-order valence-corrected chi connectivity index (χ3v) is 3.82. The van der Waals surface area contributed by atoms with E-state index in [9.17, 15) is 5.11 Å². The van der Waals surface area contributed by atoms with Gasteiger partial charge < -0.3 is 9.63 Å². The molecule has 2 aromatic rings. The summed E-state index contributed by atoms with van der Waals surface area (Å²) in [6.45, 7) is 0. The van der Waals surface area contributed by atoms with E-state index in [1.165, 1.54) is 5.56 Å². The van der Waals surface area contributed by atoms with Crippen LogP contribution in [0.3, 0.4) is 0 Å². The molecule has 3 rings (SSSR count). The van der Waals surface area contributed by atoms with Gasteiger partial charge in [-0.3, -0.25) is 0 Å². The van der Waals surface area contributed by atoms with Crippen LogP contribution in [0.1, 0.15) is 35.6 Å². The van der Waals surface area contributed by atoms with Crippen molar-refractivity contribution in [2.24, 2.45) is 5.92 Å². The molecule has 0 aliphatic heterocycles. The lowest BCUT2D eigenvalue weighted by Crippen LogP contribution is -2.14. The molecule has 0 spiro atoms. The van der Waals surface area contributed by atoms with Crippen LogP contribution >= 0.6 is 0 Å². The Balaban J connectivity index is 1.85. The Hall–Kier alpha value is -1.61. The maximum atomic E-state index is 10.5. The minimum Gasteiger partial charge on any atom is -0.388 e. The van der Waals surface area contributed by atoms with Crippen molar-refractivity contribution in [2.75, 3.05) is 0 Å². The van der Waals surface area contributed by atoms with Crippen molar-refractivity contribution in [3.8, 4) is 0 Å². The number of fused-ring (bicyclic) bond motifs is 1. The quantitative estimate of drug-likeness (QED) is 0.825. The molecule has 0 amide bonds. The van der Waals surface area contributed by atoms with E-state index in [1.807, 2.05) is 18.2 Å². The average molecular weight is 243 g/mol. The molecular formula is C15H17NO2. The summed E-state index contributed by atoms with van der Waals surface area (Å²) in [5, 5.41) is 14.3. The number of benzene rings is 1. The zero-order valence-corrected chi connectivity index (χ0v) is 10.2. The van der Waals surface area contributed by atoms with Gasteiger partial charge in [0.2, 0.25) is 0 Å². The lowest BCUT2D eigenvalue weighted by atomic mass is 9.89. The first-order valence-corrected chi connectivity index (χ1v) is 6.48. The monoisotopic (exact) mass is 243 g/mol. The highest BCUT2D eigenvalue weighted by atomic mass is 16.5. The lowest BCUT2D eigenvalue weighted by molar-refractivity contribution is 0.105. The predicted octanol–water partition coefficient (Wildman–Crippen LogP) is 2.90. The van der Waals surface area contributed by atoms with Crippen LogP contribution in [0.4, 0.5) is 0 Å². The standard InChI is InChI=1S/C15H17NO2/c17-15-13(8-11-9-16-18-10-11)6-3-5-12-4-1-2-7-14(12)15/h1-2,4,7,9-10,13,15,17H,3,5-6,8H2. The van der Waals surface area contributed by atoms with Gasteiger partial charge in [0.05, 0.1) is 12.3 Å². The van der Waals surface area contributed by atoms with Crippen LogP contribution in [-0.4, -0.2) is 10.3 Å². The van der Waals surface area contributed by atoms with Gasteiger partial charge in [0.1, 0.15) is 6.26 Å². The second-order valence-electron chi connectivity index (χ2n) is 5.03. The Morgan fingerprint density at radius 1 is 1.33 bits per heavy atom. The molecule has 2 unspecified atom stereocenters. The molecule has 1 aliphatic rings. The number of aliphatic hydroxyl groups is 1. The molecular weight excluding hydrogens is 226 g/mol. The van der Waals surface area contributed by atoms with E-state index < -0.39 is 0 Å². The fourth-order valence-corrected chi connectivity index (χ4v) is 2.86. The summed E-state index contributed by atoms with van der Waals surface area (Å²) < 4.78 is 4.86. The van der Waals surface area contributed by atoms with E-state index >= 15 is 0 Å². The topological polar surface area (TPSA) is 46.3 Å². The third-order valence-electron chi connectivity index (χ3n) is 3.82. The second kappa shape index (κ2) is 4.94. The SMILES string of the molecule is OC1c2ccccc2CCCC1Cc1cnoc1. The van der Waals surface area contributed by atoms with Gasteiger partial charge in [-0.25, -0.2) is 0 Å². The van der Waals surface area contributed by atoms with Gasteiger partial charge in [-0.15, -0.1) is 0 Å². The van der Waals surface area contributed by atoms with Crippen molar-refractivity contribution < 1.29 is 9.63 Å². The number of hydrogen-bond acceptors (Lipinski definition) is 3. The summed E-state index contributed by atoms with van der Waals surface area (Å²) in [4.78, 5) is 0. The number of hydrogen-bond donors (Lipinski definition) is 1. The maximum absolute atomic E-state index is 10.5. The van der Waals surface area contributed by atoms with Crippen LogP contribution in [0.5, 0.6) is 0 Å². The molecule has 0 fully saturated rings. The normalized spacial score (nSPS) is 23.4. The van der Waals surface area contributed by atoms with Crippen molar-refractivity contribution >= 4 is 0 Å². The van der Waals surface area contributed by atoms with E-state index in [0.29, 0.717) is 0 Å². The Bertz CT molecular complexity index is 507. The fraction of sp³-hybridized carbons (Fsp3) is 0.400. The highest BCUT2D eigenvalue weighted by Gasteiger charge is 2.26. The minimum absolute atomic E-state index is 0.257. The van der Waals surface area contributed by atoms with Gasteiger partial charge in [-0.2, -0.15) is 0 Å². The Morgan fingerprint density at radius 2 is 2.22 bits per heavy atom. The van der Waals surface area contributed by atoms with Crippen molar-refractivity contribution in [3.63, 3.8) is 0 Å². The van der Waals surface area contributed by atoms with E-state index in [2.05, 4.69) is 11.2 Å². The first kappa shape index (κ1) is 11.5. The molecule has 0 bridgehead atoms. The highest BCUT2D eigenvalue weighted by Crippen LogP contribution is 2.34. The van der Waals surface area contributed by atoms with Crippen LogP contribution in [0, 0.1) is 5.92 Å². The molecule has 3 heteroatoms. The molecule has 0 radical (unpaired) electrons. The largest absolute Gasteiger partial charge is 0.388 e. The van der Waals surface area contributed by atoms with Crippen LogP contribution < -0.4 is 0 Å². The van der Waals surface area contributed by atoms with Crippen LogP contribution in [0.25, 0.3) is 0 Å². The molecule has 3 nitrogen and oxygen atoms in total. The highest BCUT2D eigenvalue weighted by molar-refractivity contribution is 5.31. The number of aromatic nitrogens is 1. The third kappa shape index (κ3) is 2.18. The van der Waals surface area contributed by atoms with Crippen molar-refractivity contribution in [1.29, 1.82) is 0 Å². The van der Waals surface area contributed by atoms with Gasteiger partial charge >= 0.3 is 0 Å². The van der Waals surface area contributed by atoms with Crippen LogP contribution in [-0.2, 0) is 12.8 Å².